The molecule has 2 aromatic rings. The summed E-state index contributed by atoms with van der Waals surface area (Å²) in [6.07, 6.45) is 0.754. The van der Waals surface area contributed by atoms with Gasteiger partial charge in [-0.1, -0.05) is 74.3 Å². The number of halogens is 2. The van der Waals surface area contributed by atoms with E-state index in [0.29, 0.717) is 12.8 Å². The number of nitrogens with zero attached hydrogens (tertiary/aromatic N) is 3. The molecule has 1 heterocycles. The number of nitro benzene ring substituents is 1. The van der Waals surface area contributed by atoms with Crippen LogP contribution in [0.4, 0.5) is 5.69 Å². The molecule has 2 fully saturated rings. The van der Waals surface area contributed by atoms with Gasteiger partial charge in [-0.05, 0) is 18.9 Å². The van der Waals surface area contributed by atoms with Crippen LogP contribution in [-0.4, -0.2) is 54.6 Å². The number of ketones is 1. The van der Waals surface area contributed by atoms with Crippen molar-refractivity contribution in [1.82, 2.24) is 10.0 Å². The Morgan fingerprint density at radius 2 is 1.47 bits per heavy atom. The van der Waals surface area contributed by atoms with Crippen molar-refractivity contribution in [1.29, 1.82) is 0 Å². The van der Waals surface area contributed by atoms with E-state index in [1.807, 2.05) is 0 Å². The number of hydrogen-bond donors (Lipinski definition) is 0. The summed E-state index contributed by atoms with van der Waals surface area (Å²) in [5, 5.41) is 13.0. The van der Waals surface area contributed by atoms with Crippen LogP contribution in [0.5, 0.6) is 0 Å². The summed E-state index contributed by atoms with van der Waals surface area (Å²) in [5.41, 5.74) is -0.525. The molecule has 0 radical (unpaired) electrons. The zero-order valence-electron chi connectivity index (χ0n) is 17.7. The number of hydrogen-bond acceptors (Lipinski definition) is 6. The molecule has 1 aliphatic heterocycles. The number of benzene rings is 2. The van der Waals surface area contributed by atoms with Gasteiger partial charge in [-0.15, -0.1) is 0 Å². The van der Waals surface area contributed by atoms with E-state index in [1.165, 1.54) is 18.2 Å². The largest absolute Gasteiger partial charge is 0.292 e. The van der Waals surface area contributed by atoms with Crippen molar-refractivity contribution in [3.8, 4) is 0 Å². The quantitative estimate of drug-likeness (QED) is 0.166. The average molecular weight is 593 g/mol. The Morgan fingerprint density at radius 1 is 0.941 bits per heavy atom. The second kappa shape index (κ2) is 9.75. The first-order valence-electron chi connectivity index (χ1n) is 10.5. The van der Waals surface area contributed by atoms with Gasteiger partial charge in [0, 0.05) is 21.3 Å². The van der Waals surface area contributed by atoms with E-state index in [0.717, 1.165) is 16.1 Å². The van der Waals surface area contributed by atoms with Crippen molar-refractivity contribution >= 4 is 61.1 Å². The standard InChI is InChI=1S/C23H19Br2N3O6/c24-17-10-15-16(11-18(17)25)23(32)27(22(15)31)26(12-20(29)13-6-2-1-3-7-13)21(30)14-8-4-5-9-19(14)28(33)34/h1-9,15-18H,10-12H2/t15-,16+,17+,18-. The molecule has 176 valence electrons. The maximum absolute atomic E-state index is 13.6. The SMILES string of the molecule is O=C(CN(C(=O)c1ccccc1[N+](=O)[O-])N1C(=O)[C@H]2C[C@@H](Br)[C@@H](Br)C[C@H]2C1=O)c1ccccc1. The lowest BCUT2D eigenvalue weighted by Crippen LogP contribution is -2.52. The highest BCUT2D eigenvalue weighted by molar-refractivity contribution is 9.12. The van der Waals surface area contributed by atoms with Crippen LogP contribution in [0.15, 0.2) is 54.6 Å². The lowest BCUT2D eigenvalue weighted by Gasteiger charge is -2.30. The maximum Gasteiger partial charge on any atom is 0.282 e. The van der Waals surface area contributed by atoms with Crippen LogP contribution in [0.2, 0.25) is 0 Å². The zero-order chi connectivity index (χ0) is 24.6. The number of rotatable bonds is 6. The molecule has 3 amide bonds. The number of para-hydroxylation sites is 1. The van der Waals surface area contributed by atoms with Crippen LogP contribution in [0.25, 0.3) is 0 Å². The summed E-state index contributed by atoms with van der Waals surface area (Å²) in [4.78, 5) is 64.0. The number of carbonyl (C=O) groups excluding carboxylic acids is 4. The molecule has 4 rings (SSSR count). The topological polar surface area (TPSA) is 118 Å². The molecule has 1 saturated heterocycles. The summed E-state index contributed by atoms with van der Waals surface area (Å²) in [6, 6.07) is 13.4. The van der Waals surface area contributed by atoms with Crippen LogP contribution >= 0.6 is 31.9 Å². The van der Waals surface area contributed by atoms with Gasteiger partial charge < -0.3 is 0 Å². The van der Waals surface area contributed by atoms with Crippen molar-refractivity contribution in [2.45, 2.75) is 22.5 Å². The summed E-state index contributed by atoms with van der Waals surface area (Å²) in [7, 11) is 0. The normalized spacial score (nSPS) is 24.0. The Hall–Kier alpha value is -2.92. The van der Waals surface area contributed by atoms with E-state index in [4.69, 9.17) is 0 Å². The first kappa shape index (κ1) is 24.2. The first-order valence-corrected chi connectivity index (χ1v) is 12.3. The van der Waals surface area contributed by atoms with Gasteiger partial charge in [-0.25, -0.2) is 5.01 Å². The lowest BCUT2D eigenvalue weighted by molar-refractivity contribution is -0.385. The van der Waals surface area contributed by atoms with Crippen molar-refractivity contribution in [3.05, 3.63) is 75.8 Å². The second-order valence-corrected chi connectivity index (χ2v) is 10.5. The molecule has 2 aliphatic rings. The minimum absolute atomic E-state index is 0.0456. The minimum Gasteiger partial charge on any atom is -0.292 e. The Kier molecular flexibility index (Phi) is 6.94. The summed E-state index contributed by atoms with van der Waals surface area (Å²) < 4.78 is 0. The molecule has 1 aliphatic carbocycles. The first-order chi connectivity index (χ1) is 16.2. The molecule has 1 saturated carbocycles. The fourth-order valence-electron chi connectivity index (χ4n) is 4.35. The van der Waals surface area contributed by atoms with Gasteiger partial charge in [-0.3, -0.25) is 29.3 Å². The van der Waals surface area contributed by atoms with E-state index in [2.05, 4.69) is 31.9 Å². The Bertz CT molecular complexity index is 1150. The molecule has 11 heteroatoms. The van der Waals surface area contributed by atoms with Crippen LogP contribution in [-0.2, 0) is 9.59 Å². The van der Waals surface area contributed by atoms with Gasteiger partial charge in [0.25, 0.3) is 23.4 Å². The van der Waals surface area contributed by atoms with E-state index < -0.39 is 52.5 Å². The third-order valence-electron chi connectivity index (χ3n) is 6.08. The van der Waals surface area contributed by atoms with Gasteiger partial charge in [0.05, 0.1) is 16.8 Å². The number of nitro groups is 1. The van der Waals surface area contributed by atoms with E-state index in [9.17, 15) is 29.3 Å². The molecule has 0 unspecified atom stereocenters. The number of Topliss-reactive ketones (excluding diaryl/α,β-unsaturated/α-hetero) is 1. The number of fused-ring (bicyclic) bond motifs is 1. The monoisotopic (exact) mass is 591 g/mol. The van der Waals surface area contributed by atoms with Crippen molar-refractivity contribution in [3.63, 3.8) is 0 Å². The molecule has 0 bridgehead atoms. The molecule has 0 N–H and O–H groups in total. The third kappa shape index (κ3) is 4.41. The van der Waals surface area contributed by atoms with Crippen molar-refractivity contribution in [2.75, 3.05) is 6.54 Å². The van der Waals surface area contributed by atoms with E-state index in [1.54, 1.807) is 30.3 Å². The van der Waals surface area contributed by atoms with E-state index in [-0.39, 0.29) is 20.8 Å². The van der Waals surface area contributed by atoms with Gasteiger partial charge in [0.1, 0.15) is 12.1 Å². The van der Waals surface area contributed by atoms with Crippen LogP contribution in [0.3, 0.4) is 0 Å². The Labute approximate surface area is 211 Å². The van der Waals surface area contributed by atoms with Gasteiger partial charge in [0.15, 0.2) is 5.78 Å². The number of imide groups is 1. The van der Waals surface area contributed by atoms with Crippen LogP contribution in [0.1, 0.15) is 33.6 Å². The number of hydrazine groups is 1. The third-order valence-corrected chi connectivity index (χ3v) is 8.82. The zero-order valence-corrected chi connectivity index (χ0v) is 20.8. The molecular formula is C23H19Br2N3O6. The fourth-order valence-corrected chi connectivity index (χ4v) is 5.59. The number of carbonyl (C=O) groups is 4. The molecule has 0 spiro atoms. The number of amides is 3. The molecule has 0 aromatic heterocycles. The van der Waals surface area contributed by atoms with Gasteiger partial charge in [0.2, 0.25) is 0 Å². The lowest BCUT2D eigenvalue weighted by atomic mass is 9.81. The smallest absolute Gasteiger partial charge is 0.282 e. The summed E-state index contributed by atoms with van der Waals surface area (Å²) in [5.74, 6) is -3.97. The van der Waals surface area contributed by atoms with Gasteiger partial charge >= 0.3 is 0 Å². The Balaban J connectivity index is 1.75. The predicted molar refractivity (Wildman–Crippen MR) is 128 cm³/mol. The molecule has 4 atom stereocenters. The second-order valence-electron chi connectivity index (χ2n) is 8.13. The van der Waals surface area contributed by atoms with E-state index >= 15 is 0 Å². The van der Waals surface area contributed by atoms with Crippen molar-refractivity contribution in [2.24, 2.45) is 11.8 Å². The summed E-state index contributed by atoms with van der Waals surface area (Å²) in [6.45, 7) is -0.624. The molecule has 2 aromatic carbocycles. The Morgan fingerprint density at radius 3 is 2.03 bits per heavy atom. The molecular weight excluding hydrogens is 574 g/mol. The highest BCUT2D eigenvalue weighted by atomic mass is 79.9. The molecule has 34 heavy (non-hydrogen) atoms. The molecule has 9 nitrogen and oxygen atoms in total. The maximum atomic E-state index is 13.6. The van der Waals surface area contributed by atoms with Gasteiger partial charge in [-0.2, -0.15) is 5.01 Å². The van der Waals surface area contributed by atoms with Crippen LogP contribution < -0.4 is 0 Å². The van der Waals surface area contributed by atoms with Crippen molar-refractivity contribution < 1.29 is 24.1 Å². The number of alkyl halides is 2. The fraction of sp³-hybridized carbons (Fsp3) is 0.304. The predicted octanol–water partition coefficient (Wildman–Crippen LogP) is 3.76. The highest BCUT2D eigenvalue weighted by Gasteiger charge is 2.55. The van der Waals surface area contributed by atoms with Crippen LogP contribution in [0, 0.1) is 22.0 Å². The summed E-state index contributed by atoms with van der Waals surface area (Å²) >= 11 is 7.04. The average Bonchev–Trinajstić information content (AvgIpc) is 3.06. The minimum atomic E-state index is -0.970. The highest BCUT2D eigenvalue weighted by Crippen LogP contribution is 2.43.